The maximum atomic E-state index is 12.9. The largest absolute Gasteiger partial charge is 0.497 e. The quantitative estimate of drug-likeness (QED) is 0.418. The van der Waals surface area contributed by atoms with Crippen LogP contribution in [0.1, 0.15) is 4.88 Å². The van der Waals surface area contributed by atoms with Crippen LogP contribution in [0.4, 0.5) is 11.4 Å². The lowest BCUT2D eigenvalue weighted by Gasteiger charge is -2.22. The lowest BCUT2D eigenvalue weighted by molar-refractivity contribution is -0.385. The molecule has 0 N–H and O–H groups in total. The molecule has 2 aromatic carbocycles. The summed E-state index contributed by atoms with van der Waals surface area (Å²) in [6.07, 6.45) is 0. The van der Waals surface area contributed by atoms with E-state index < -0.39 is 4.92 Å². The van der Waals surface area contributed by atoms with Crippen LogP contribution >= 0.6 is 11.3 Å². The zero-order valence-corrected chi connectivity index (χ0v) is 15.9. The summed E-state index contributed by atoms with van der Waals surface area (Å²) in [7, 11) is 1.57. The van der Waals surface area contributed by atoms with Gasteiger partial charge >= 0.3 is 5.69 Å². The van der Waals surface area contributed by atoms with Crippen LogP contribution in [0.2, 0.25) is 0 Å². The number of nitro benzene ring substituents is 1. The van der Waals surface area contributed by atoms with Crippen LogP contribution in [0.15, 0.2) is 66.0 Å². The van der Waals surface area contributed by atoms with Crippen molar-refractivity contribution in [2.45, 2.75) is 6.54 Å². The average Bonchev–Trinajstić information content (AvgIpc) is 3.24. The first-order chi connectivity index (χ1) is 13.6. The minimum absolute atomic E-state index is 0.0617. The molecule has 0 aliphatic rings. The second-order valence-corrected chi connectivity index (χ2v) is 6.80. The van der Waals surface area contributed by atoms with Crippen molar-refractivity contribution in [3.8, 4) is 11.5 Å². The van der Waals surface area contributed by atoms with Gasteiger partial charge in [0.25, 0.3) is 5.91 Å². The summed E-state index contributed by atoms with van der Waals surface area (Å²) < 4.78 is 10.6. The van der Waals surface area contributed by atoms with E-state index in [1.54, 1.807) is 59.7 Å². The van der Waals surface area contributed by atoms with E-state index in [0.29, 0.717) is 18.0 Å². The van der Waals surface area contributed by atoms with Crippen LogP contribution in [0.5, 0.6) is 11.5 Å². The molecule has 144 valence electrons. The number of ether oxygens (including phenoxy) is 2. The van der Waals surface area contributed by atoms with Gasteiger partial charge in [-0.1, -0.05) is 18.2 Å². The molecule has 0 spiro atoms. The van der Waals surface area contributed by atoms with E-state index in [9.17, 15) is 14.9 Å². The highest BCUT2D eigenvalue weighted by Crippen LogP contribution is 2.27. The van der Waals surface area contributed by atoms with E-state index >= 15 is 0 Å². The van der Waals surface area contributed by atoms with Crippen molar-refractivity contribution in [3.63, 3.8) is 0 Å². The Labute approximate surface area is 165 Å². The molecule has 8 heteroatoms. The number of nitrogens with zero attached hydrogens (tertiary/aromatic N) is 2. The minimum Gasteiger partial charge on any atom is -0.497 e. The first-order valence-electron chi connectivity index (χ1n) is 8.41. The van der Waals surface area contributed by atoms with Crippen molar-refractivity contribution in [2.75, 3.05) is 18.6 Å². The molecule has 7 nitrogen and oxygen atoms in total. The number of hydrogen-bond donors (Lipinski definition) is 0. The van der Waals surface area contributed by atoms with Crippen LogP contribution in [0, 0.1) is 10.1 Å². The third-order valence-electron chi connectivity index (χ3n) is 3.99. The van der Waals surface area contributed by atoms with Crippen LogP contribution in [0.25, 0.3) is 0 Å². The minimum atomic E-state index is -0.535. The van der Waals surface area contributed by atoms with E-state index in [0.717, 1.165) is 4.88 Å². The molecule has 1 aromatic heterocycles. The van der Waals surface area contributed by atoms with Crippen molar-refractivity contribution in [3.05, 3.63) is 81.0 Å². The molecular formula is C20H18N2O5S. The molecule has 3 aromatic rings. The lowest BCUT2D eigenvalue weighted by atomic mass is 10.2. The normalized spacial score (nSPS) is 10.3. The van der Waals surface area contributed by atoms with Crippen LogP contribution in [-0.2, 0) is 11.3 Å². The van der Waals surface area contributed by atoms with Crippen molar-refractivity contribution in [2.24, 2.45) is 0 Å². The molecule has 0 aliphatic heterocycles. The van der Waals surface area contributed by atoms with Gasteiger partial charge in [0.1, 0.15) is 5.75 Å². The molecule has 0 saturated carbocycles. The maximum Gasteiger partial charge on any atom is 0.310 e. The molecule has 0 bridgehead atoms. The van der Waals surface area contributed by atoms with Crippen molar-refractivity contribution >= 4 is 28.6 Å². The Bertz CT molecular complexity index is 941. The smallest absolute Gasteiger partial charge is 0.310 e. The van der Waals surface area contributed by atoms with E-state index in [-0.39, 0.29) is 24.0 Å². The number of carbonyl (C=O) groups excluding carboxylic acids is 1. The number of methoxy groups -OCH3 is 1. The predicted octanol–water partition coefficient (Wildman–Crippen LogP) is 4.28. The van der Waals surface area contributed by atoms with E-state index in [2.05, 4.69) is 0 Å². The van der Waals surface area contributed by atoms with Crippen LogP contribution in [-0.4, -0.2) is 24.5 Å². The monoisotopic (exact) mass is 398 g/mol. The highest BCUT2D eigenvalue weighted by molar-refractivity contribution is 7.09. The summed E-state index contributed by atoms with van der Waals surface area (Å²) in [5.74, 6) is 0.437. The van der Waals surface area contributed by atoms with Gasteiger partial charge in [-0.2, -0.15) is 0 Å². The number of carbonyl (C=O) groups is 1. The highest BCUT2D eigenvalue weighted by Gasteiger charge is 2.20. The molecule has 0 saturated heterocycles. The molecule has 3 rings (SSSR count). The fourth-order valence-electron chi connectivity index (χ4n) is 2.59. The van der Waals surface area contributed by atoms with Gasteiger partial charge in [0, 0.05) is 16.6 Å². The topological polar surface area (TPSA) is 81.9 Å². The van der Waals surface area contributed by atoms with Gasteiger partial charge in [0.15, 0.2) is 12.4 Å². The van der Waals surface area contributed by atoms with Gasteiger partial charge in [0.2, 0.25) is 0 Å². The number of anilines is 1. The van der Waals surface area contributed by atoms with Crippen LogP contribution < -0.4 is 14.4 Å². The summed E-state index contributed by atoms with van der Waals surface area (Å²) in [4.78, 5) is 26.1. The SMILES string of the molecule is COc1ccc(N(Cc2cccs2)C(=O)COc2ccccc2[N+](=O)[O-])cc1. The Morgan fingerprint density at radius 3 is 2.50 bits per heavy atom. The van der Waals surface area contributed by atoms with Gasteiger partial charge in [-0.3, -0.25) is 14.9 Å². The second-order valence-electron chi connectivity index (χ2n) is 5.77. The van der Waals surface area contributed by atoms with Gasteiger partial charge in [-0.05, 0) is 41.8 Å². The number of amides is 1. The number of thiophene rings is 1. The Balaban J connectivity index is 1.79. The number of nitro groups is 1. The molecule has 0 fully saturated rings. The predicted molar refractivity (Wildman–Crippen MR) is 107 cm³/mol. The number of para-hydroxylation sites is 2. The average molecular weight is 398 g/mol. The fourth-order valence-corrected chi connectivity index (χ4v) is 3.28. The van der Waals surface area contributed by atoms with Gasteiger partial charge in [-0.15, -0.1) is 11.3 Å². The number of rotatable bonds is 8. The van der Waals surface area contributed by atoms with E-state index in [4.69, 9.17) is 9.47 Å². The van der Waals surface area contributed by atoms with Gasteiger partial charge < -0.3 is 14.4 Å². The summed E-state index contributed by atoms with van der Waals surface area (Å²) in [6.45, 7) is 0.0608. The highest BCUT2D eigenvalue weighted by atomic mass is 32.1. The Morgan fingerprint density at radius 1 is 1.11 bits per heavy atom. The summed E-state index contributed by atoms with van der Waals surface area (Å²) in [5, 5.41) is 13.1. The van der Waals surface area contributed by atoms with Crippen molar-refractivity contribution in [1.82, 2.24) is 0 Å². The maximum absolute atomic E-state index is 12.9. The van der Waals surface area contributed by atoms with E-state index in [1.807, 2.05) is 17.5 Å². The molecule has 1 heterocycles. The molecule has 0 unspecified atom stereocenters. The standard InChI is InChI=1S/C20H18N2O5S/c1-26-16-10-8-15(9-11-16)21(13-17-5-4-12-28-17)20(23)14-27-19-7-3-2-6-18(19)22(24)25/h2-12H,13-14H2,1H3. The second kappa shape index (κ2) is 9.01. The Morgan fingerprint density at radius 2 is 1.86 bits per heavy atom. The van der Waals surface area contributed by atoms with Gasteiger partial charge in [0.05, 0.1) is 18.6 Å². The van der Waals surface area contributed by atoms with Crippen molar-refractivity contribution in [1.29, 1.82) is 0 Å². The third-order valence-corrected chi connectivity index (χ3v) is 4.85. The Hall–Kier alpha value is -3.39. The first kappa shape index (κ1) is 19.4. The van der Waals surface area contributed by atoms with E-state index in [1.165, 1.54) is 12.1 Å². The summed E-state index contributed by atoms with van der Waals surface area (Å²) in [5.41, 5.74) is 0.509. The summed E-state index contributed by atoms with van der Waals surface area (Å²) >= 11 is 1.54. The molecule has 1 amide bonds. The third kappa shape index (κ3) is 4.66. The molecule has 0 atom stereocenters. The first-order valence-corrected chi connectivity index (χ1v) is 9.29. The van der Waals surface area contributed by atoms with Crippen LogP contribution in [0.3, 0.4) is 0 Å². The molecule has 28 heavy (non-hydrogen) atoms. The zero-order valence-electron chi connectivity index (χ0n) is 15.1. The molecular weight excluding hydrogens is 380 g/mol. The zero-order chi connectivity index (χ0) is 19.9. The summed E-state index contributed by atoms with van der Waals surface area (Å²) in [6, 6.07) is 17.0. The fraction of sp³-hybridized carbons (Fsp3) is 0.150. The number of benzene rings is 2. The van der Waals surface area contributed by atoms with Crippen molar-refractivity contribution < 1.29 is 19.2 Å². The van der Waals surface area contributed by atoms with Gasteiger partial charge in [-0.25, -0.2) is 0 Å². The lowest BCUT2D eigenvalue weighted by Crippen LogP contribution is -2.34. The molecule has 0 radical (unpaired) electrons. The Kier molecular flexibility index (Phi) is 6.23. The number of hydrogen-bond acceptors (Lipinski definition) is 6. The molecule has 0 aliphatic carbocycles.